The molecule has 3 N–H and O–H groups in total. The number of hydrogen-bond donors (Lipinski definition) is 3. The Balaban J connectivity index is 1.34. The van der Waals surface area contributed by atoms with Crippen molar-refractivity contribution < 1.29 is 24.2 Å². The summed E-state index contributed by atoms with van der Waals surface area (Å²) in [6.45, 7) is 3.83. The van der Waals surface area contributed by atoms with Crippen molar-refractivity contribution in [3.05, 3.63) is 59.7 Å². The molecule has 0 heterocycles. The Morgan fingerprint density at radius 3 is 2.20 bits per heavy atom. The highest BCUT2D eigenvalue weighted by Gasteiger charge is 2.38. The van der Waals surface area contributed by atoms with Gasteiger partial charge in [-0.3, -0.25) is 4.79 Å². The molecule has 0 spiro atoms. The Kier molecular flexibility index (Phi) is 7.43. The van der Waals surface area contributed by atoms with Gasteiger partial charge in [-0.05, 0) is 54.4 Å². The number of carbonyl (C=O) groups excluding carboxylic acids is 2. The third-order valence-electron chi connectivity index (χ3n) is 7.68. The van der Waals surface area contributed by atoms with Crippen LogP contribution in [0.25, 0.3) is 11.1 Å². The molecule has 2 amide bonds. The molecule has 2 aliphatic rings. The lowest BCUT2D eigenvalue weighted by molar-refractivity contribution is -0.148. The highest BCUT2D eigenvalue weighted by atomic mass is 16.5. The van der Waals surface area contributed by atoms with Crippen LogP contribution in [0.15, 0.2) is 48.5 Å². The van der Waals surface area contributed by atoms with Gasteiger partial charge in [0.25, 0.3) is 0 Å². The first-order valence-electron chi connectivity index (χ1n) is 12.5. The van der Waals surface area contributed by atoms with E-state index < -0.39 is 17.6 Å². The van der Waals surface area contributed by atoms with Gasteiger partial charge >= 0.3 is 12.1 Å². The van der Waals surface area contributed by atoms with Gasteiger partial charge in [-0.15, -0.1) is 0 Å². The molecule has 0 aliphatic heterocycles. The van der Waals surface area contributed by atoms with Crippen molar-refractivity contribution in [1.29, 1.82) is 0 Å². The number of carboxylic acids is 1. The molecule has 0 aromatic heterocycles. The second-order valence-electron chi connectivity index (χ2n) is 9.84. The summed E-state index contributed by atoms with van der Waals surface area (Å²) in [6.07, 6.45) is 3.17. The van der Waals surface area contributed by atoms with E-state index in [0.717, 1.165) is 30.4 Å². The largest absolute Gasteiger partial charge is 0.480 e. The third-order valence-corrected chi connectivity index (χ3v) is 7.68. The molecular formula is C28H34N2O5. The summed E-state index contributed by atoms with van der Waals surface area (Å²) in [4.78, 5) is 37.2. The first kappa shape index (κ1) is 24.8. The molecule has 3 atom stereocenters. The van der Waals surface area contributed by atoms with Crippen molar-refractivity contribution in [3.8, 4) is 11.1 Å². The predicted molar refractivity (Wildman–Crippen MR) is 133 cm³/mol. The number of hydrogen-bond acceptors (Lipinski definition) is 4. The summed E-state index contributed by atoms with van der Waals surface area (Å²) >= 11 is 0. The molecule has 7 nitrogen and oxygen atoms in total. The smallest absolute Gasteiger partial charge is 0.407 e. The number of carboxylic acid groups (broad SMARTS) is 1. The number of rotatable bonds is 8. The van der Waals surface area contributed by atoms with Gasteiger partial charge < -0.3 is 20.5 Å². The van der Waals surface area contributed by atoms with Crippen LogP contribution < -0.4 is 10.6 Å². The first-order valence-corrected chi connectivity index (χ1v) is 12.5. The zero-order valence-electron chi connectivity index (χ0n) is 20.4. The first-order chi connectivity index (χ1) is 16.8. The topological polar surface area (TPSA) is 105 Å². The lowest BCUT2D eigenvalue weighted by Crippen LogP contribution is -2.55. The van der Waals surface area contributed by atoms with Crippen LogP contribution >= 0.6 is 0 Å². The Bertz CT molecular complexity index is 1050. The van der Waals surface area contributed by atoms with Crippen LogP contribution in [0.3, 0.4) is 0 Å². The predicted octanol–water partition coefficient (Wildman–Crippen LogP) is 4.70. The number of amides is 2. The van der Waals surface area contributed by atoms with E-state index in [-0.39, 0.29) is 30.3 Å². The Labute approximate surface area is 206 Å². The number of nitrogens with one attached hydrogen (secondary N) is 2. The normalized spacial score (nSPS) is 20.7. The van der Waals surface area contributed by atoms with Crippen LogP contribution in [-0.2, 0) is 14.3 Å². The van der Waals surface area contributed by atoms with Crippen LogP contribution in [0.5, 0.6) is 0 Å². The molecule has 2 aromatic rings. The molecule has 0 bridgehead atoms. The second-order valence-corrected chi connectivity index (χ2v) is 9.84. The highest BCUT2D eigenvalue weighted by molar-refractivity contribution is 5.88. The lowest BCUT2D eigenvalue weighted by atomic mass is 9.78. The van der Waals surface area contributed by atoms with Gasteiger partial charge in [-0.25, -0.2) is 9.59 Å². The monoisotopic (exact) mass is 478 g/mol. The van der Waals surface area contributed by atoms with Crippen LogP contribution in [-0.4, -0.2) is 41.8 Å². The number of aliphatic carboxylic acids is 1. The summed E-state index contributed by atoms with van der Waals surface area (Å²) in [5.74, 6) is -1.70. The molecule has 186 valence electrons. The minimum Gasteiger partial charge on any atom is -0.480 e. The molecule has 35 heavy (non-hydrogen) atoms. The van der Waals surface area contributed by atoms with E-state index in [2.05, 4.69) is 34.9 Å². The molecule has 1 fully saturated rings. The minimum absolute atomic E-state index is 0.0101. The van der Waals surface area contributed by atoms with E-state index in [0.29, 0.717) is 19.4 Å². The molecular weight excluding hydrogens is 444 g/mol. The quantitative estimate of drug-likeness (QED) is 0.510. The molecule has 4 rings (SSSR count). The van der Waals surface area contributed by atoms with Crippen molar-refractivity contribution in [2.24, 2.45) is 11.8 Å². The number of ether oxygens (including phenoxy) is 1. The van der Waals surface area contributed by atoms with Gasteiger partial charge in [-0.2, -0.15) is 0 Å². The van der Waals surface area contributed by atoms with Crippen molar-refractivity contribution >= 4 is 18.0 Å². The highest BCUT2D eigenvalue weighted by Crippen LogP contribution is 2.44. The summed E-state index contributed by atoms with van der Waals surface area (Å²) in [5, 5.41) is 15.1. The second kappa shape index (κ2) is 10.5. The number of carbonyl (C=O) groups is 3. The molecule has 2 aliphatic carbocycles. The maximum atomic E-state index is 12.9. The van der Waals surface area contributed by atoms with E-state index in [1.165, 1.54) is 18.1 Å². The van der Waals surface area contributed by atoms with Crippen molar-refractivity contribution in [2.45, 2.75) is 57.4 Å². The fourth-order valence-corrected chi connectivity index (χ4v) is 5.32. The van der Waals surface area contributed by atoms with Gasteiger partial charge in [0.05, 0.1) is 0 Å². The van der Waals surface area contributed by atoms with E-state index in [1.54, 1.807) is 6.92 Å². The number of benzene rings is 2. The number of alkyl carbamates (subject to hydrolysis) is 1. The van der Waals surface area contributed by atoms with Gasteiger partial charge in [0, 0.05) is 18.4 Å². The molecule has 2 aromatic carbocycles. The summed E-state index contributed by atoms with van der Waals surface area (Å²) in [5.41, 5.74) is 3.37. The average molecular weight is 479 g/mol. The molecule has 0 saturated heterocycles. The van der Waals surface area contributed by atoms with E-state index in [4.69, 9.17) is 4.74 Å². The maximum absolute atomic E-state index is 12.9. The third kappa shape index (κ3) is 5.19. The zero-order chi connectivity index (χ0) is 25.0. The van der Waals surface area contributed by atoms with Crippen molar-refractivity contribution in [2.75, 3.05) is 13.2 Å². The summed E-state index contributed by atoms with van der Waals surface area (Å²) in [6, 6.07) is 16.4. The molecule has 3 unspecified atom stereocenters. The van der Waals surface area contributed by atoms with Gasteiger partial charge in [0.1, 0.15) is 12.1 Å². The molecule has 1 saturated carbocycles. The van der Waals surface area contributed by atoms with E-state index in [1.807, 2.05) is 24.3 Å². The van der Waals surface area contributed by atoms with Crippen LogP contribution in [0.4, 0.5) is 4.79 Å². The van der Waals surface area contributed by atoms with E-state index in [9.17, 15) is 19.5 Å². The van der Waals surface area contributed by atoms with Crippen molar-refractivity contribution in [3.63, 3.8) is 0 Å². The number of fused-ring (bicyclic) bond motifs is 3. The zero-order valence-corrected chi connectivity index (χ0v) is 20.4. The average Bonchev–Trinajstić information content (AvgIpc) is 3.19. The fraction of sp³-hybridized carbons (Fsp3) is 0.464. The van der Waals surface area contributed by atoms with Crippen LogP contribution in [0, 0.1) is 11.8 Å². The van der Waals surface area contributed by atoms with E-state index >= 15 is 0 Å². The maximum Gasteiger partial charge on any atom is 0.407 e. The standard InChI is InChI=1S/C28H34N2O5/c1-3-28(2,26(32)33)30-25(31)19-11-5-4-10-18(19)16-29-27(34)35-17-24-22-14-8-6-12-20(22)21-13-7-9-15-23(21)24/h6-9,12-15,18-19,24H,3-5,10-11,16-17H2,1-2H3,(H,29,34)(H,30,31)(H,32,33). The fourth-order valence-electron chi connectivity index (χ4n) is 5.32. The van der Waals surface area contributed by atoms with Crippen molar-refractivity contribution in [1.82, 2.24) is 10.6 Å². The lowest BCUT2D eigenvalue weighted by Gasteiger charge is -2.34. The van der Waals surface area contributed by atoms with Crippen LogP contribution in [0.1, 0.15) is 63.0 Å². The summed E-state index contributed by atoms with van der Waals surface area (Å²) in [7, 11) is 0. The SMILES string of the molecule is CCC(C)(NC(=O)C1CCCCC1CNC(=O)OCC1c2ccccc2-c2ccccc21)C(=O)O. The molecule has 0 radical (unpaired) electrons. The Morgan fingerprint density at radius 2 is 1.60 bits per heavy atom. The minimum atomic E-state index is -1.29. The summed E-state index contributed by atoms with van der Waals surface area (Å²) < 4.78 is 5.63. The molecule has 7 heteroatoms. The van der Waals surface area contributed by atoms with Crippen LogP contribution in [0.2, 0.25) is 0 Å². The van der Waals surface area contributed by atoms with Gasteiger partial charge in [0.2, 0.25) is 5.91 Å². The Hall–Kier alpha value is -3.35. The van der Waals surface area contributed by atoms with Gasteiger partial charge in [-0.1, -0.05) is 68.3 Å². The Morgan fingerprint density at radius 1 is 1.00 bits per heavy atom. The van der Waals surface area contributed by atoms with Gasteiger partial charge in [0.15, 0.2) is 0 Å².